The molecule has 3 N–H and O–H groups in total. The van der Waals surface area contributed by atoms with E-state index >= 15 is 0 Å². The first-order valence-corrected chi connectivity index (χ1v) is 8.43. The molecule has 1 aliphatic carbocycles. The van der Waals surface area contributed by atoms with Gasteiger partial charge in [0.05, 0.1) is 0 Å². The molecule has 3 rings (SSSR count). The molecule has 2 aromatic heterocycles. The van der Waals surface area contributed by atoms with Gasteiger partial charge in [-0.15, -0.1) is 35.1 Å². The van der Waals surface area contributed by atoms with Gasteiger partial charge in [0.15, 0.2) is 5.13 Å². The Hall–Kier alpha value is -0.690. The van der Waals surface area contributed by atoms with E-state index in [0.29, 0.717) is 6.04 Å². The zero-order valence-electron chi connectivity index (χ0n) is 11.1. The van der Waals surface area contributed by atoms with Gasteiger partial charge in [0.2, 0.25) is 0 Å². The molecule has 4 nitrogen and oxygen atoms in total. The lowest BCUT2D eigenvalue weighted by Crippen LogP contribution is -2.29. The Morgan fingerprint density at radius 3 is 2.70 bits per heavy atom. The van der Waals surface area contributed by atoms with E-state index in [1.54, 1.807) is 22.7 Å². The molecule has 0 bridgehead atoms. The summed E-state index contributed by atoms with van der Waals surface area (Å²) in [7, 11) is 0. The fourth-order valence-electron chi connectivity index (χ4n) is 2.51. The van der Waals surface area contributed by atoms with Crippen LogP contribution in [0.5, 0.6) is 0 Å². The van der Waals surface area contributed by atoms with Crippen LogP contribution in [0.2, 0.25) is 0 Å². The topological polar surface area (TPSA) is 63.8 Å². The summed E-state index contributed by atoms with van der Waals surface area (Å²) in [5, 5.41) is 9.62. The van der Waals surface area contributed by atoms with Crippen molar-refractivity contribution in [3.63, 3.8) is 0 Å². The van der Waals surface area contributed by atoms with E-state index in [1.165, 1.54) is 25.7 Å². The zero-order valence-corrected chi connectivity index (χ0v) is 13.6. The van der Waals surface area contributed by atoms with Crippen LogP contribution in [0, 0.1) is 5.92 Å². The molecule has 1 fully saturated rings. The predicted octanol–water partition coefficient (Wildman–Crippen LogP) is 3.62. The van der Waals surface area contributed by atoms with Gasteiger partial charge in [0.1, 0.15) is 10.7 Å². The molecule has 2 heterocycles. The van der Waals surface area contributed by atoms with Gasteiger partial charge in [-0.3, -0.25) is 0 Å². The Bertz CT molecular complexity index is 506. The third-order valence-corrected chi connectivity index (χ3v) is 5.23. The van der Waals surface area contributed by atoms with Crippen LogP contribution in [0.4, 0.5) is 5.13 Å². The minimum absolute atomic E-state index is 0. The Morgan fingerprint density at radius 2 is 2.05 bits per heavy atom. The predicted molar refractivity (Wildman–Crippen MR) is 88.9 cm³/mol. The molecule has 0 aliphatic heterocycles. The van der Waals surface area contributed by atoms with Crippen LogP contribution in [0.3, 0.4) is 0 Å². The lowest BCUT2D eigenvalue weighted by atomic mass is 9.86. The van der Waals surface area contributed by atoms with Gasteiger partial charge in [0, 0.05) is 23.0 Å². The first kappa shape index (κ1) is 15.7. The first-order chi connectivity index (χ1) is 9.35. The lowest BCUT2D eigenvalue weighted by Gasteiger charge is -2.28. The quantitative estimate of drug-likeness (QED) is 0.898. The number of nitrogens with two attached hydrogens (primary N) is 1. The molecule has 1 aliphatic rings. The van der Waals surface area contributed by atoms with E-state index in [4.69, 9.17) is 5.73 Å². The number of aromatic nitrogens is 2. The van der Waals surface area contributed by atoms with E-state index in [9.17, 15) is 0 Å². The molecule has 0 spiro atoms. The summed E-state index contributed by atoms with van der Waals surface area (Å²) < 4.78 is 0. The van der Waals surface area contributed by atoms with Gasteiger partial charge in [-0.25, -0.2) is 9.97 Å². The van der Waals surface area contributed by atoms with E-state index in [-0.39, 0.29) is 12.4 Å². The zero-order chi connectivity index (χ0) is 13.1. The number of thiazole rings is 2. The minimum atomic E-state index is 0. The van der Waals surface area contributed by atoms with Crippen molar-refractivity contribution in [1.29, 1.82) is 0 Å². The molecular weight excluding hydrogens is 312 g/mol. The fraction of sp³-hybridized carbons (Fsp3) is 0.538. The second-order valence-electron chi connectivity index (χ2n) is 4.97. The van der Waals surface area contributed by atoms with Crippen molar-refractivity contribution in [1.82, 2.24) is 9.97 Å². The maximum Gasteiger partial charge on any atom is 0.183 e. The summed E-state index contributed by atoms with van der Waals surface area (Å²) in [6, 6.07) is 0.554. The smallest absolute Gasteiger partial charge is 0.183 e. The number of hydrogen-bond donors (Lipinski definition) is 2. The van der Waals surface area contributed by atoms with Crippen molar-refractivity contribution >= 4 is 40.2 Å². The average Bonchev–Trinajstić information content (AvgIpc) is 3.10. The van der Waals surface area contributed by atoms with Crippen LogP contribution >= 0.6 is 35.1 Å². The number of anilines is 1. The van der Waals surface area contributed by atoms with Crippen molar-refractivity contribution in [3.05, 3.63) is 17.0 Å². The second kappa shape index (κ2) is 7.36. The molecule has 0 atom stereocenters. The van der Waals surface area contributed by atoms with E-state index < -0.39 is 0 Å². The minimum Gasteiger partial charge on any atom is -0.359 e. The Morgan fingerprint density at radius 1 is 1.25 bits per heavy atom. The lowest BCUT2D eigenvalue weighted by molar-refractivity contribution is 0.345. The van der Waals surface area contributed by atoms with Crippen LogP contribution in [0.15, 0.2) is 17.0 Å². The average molecular weight is 331 g/mol. The molecule has 0 unspecified atom stereocenters. The SMILES string of the molecule is Cl.NCC1CCC(Nc2nc(-c3nccs3)cs2)CC1. The Balaban J connectivity index is 0.00000147. The molecule has 0 amide bonds. The normalized spacial score (nSPS) is 22.2. The number of nitrogens with one attached hydrogen (secondary N) is 1. The van der Waals surface area contributed by atoms with Gasteiger partial charge >= 0.3 is 0 Å². The summed E-state index contributed by atoms with van der Waals surface area (Å²) in [5.74, 6) is 0.722. The molecule has 7 heteroatoms. The molecule has 0 radical (unpaired) electrons. The van der Waals surface area contributed by atoms with Crippen LogP contribution in [0.25, 0.3) is 10.7 Å². The van der Waals surface area contributed by atoms with Crippen LogP contribution in [-0.4, -0.2) is 22.6 Å². The van der Waals surface area contributed by atoms with Gasteiger partial charge in [-0.05, 0) is 38.1 Å². The van der Waals surface area contributed by atoms with Gasteiger partial charge in [-0.2, -0.15) is 0 Å². The van der Waals surface area contributed by atoms with Crippen molar-refractivity contribution in [2.24, 2.45) is 11.7 Å². The molecule has 0 saturated heterocycles. The molecule has 0 aromatic carbocycles. The third-order valence-electron chi connectivity index (χ3n) is 3.66. The van der Waals surface area contributed by atoms with Crippen LogP contribution < -0.4 is 11.1 Å². The van der Waals surface area contributed by atoms with E-state index in [2.05, 4.69) is 20.7 Å². The third kappa shape index (κ3) is 3.69. The largest absolute Gasteiger partial charge is 0.359 e. The van der Waals surface area contributed by atoms with Crippen molar-refractivity contribution in [2.45, 2.75) is 31.7 Å². The van der Waals surface area contributed by atoms with Gasteiger partial charge in [0.25, 0.3) is 0 Å². The molecule has 20 heavy (non-hydrogen) atoms. The van der Waals surface area contributed by atoms with Crippen molar-refractivity contribution in [2.75, 3.05) is 11.9 Å². The standard InChI is InChI=1S/C13H18N4S2.ClH/c14-7-9-1-3-10(4-2-9)16-13-17-11(8-19-13)12-15-5-6-18-12;/h5-6,8-10H,1-4,7,14H2,(H,16,17);1H. The summed E-state index contributed by atoms with van der Waals surface area (Å²) in [4.78, 5) is 8.91. The monoisotopic (exact) mass is 330 g/mol. The highest BCUT2D eigenvalue weighted by molar-refractivity contribution is 7.15. The Kier molecular flexibility index (Phi) is 5.77. The van der Waals surface area contributed by atoms with E-state index in [1.807, 2.05) is 11.6 Å². The summed E-state index contributed by atoms with van der Waals surface area (Å²) in [6.45, 7) is 0.832. The van der Waals surface area contributed by atoms with Crippen molar-refractivity contribution < 1.29 is 0 Å². The highest BCUT2D eigenvalue weighted by Gasteiger charge is 2.20. The molecule has 2 aromatic rings. The van der Waals surface area contributed by atoms with Crippen LogP contribution in [0.1, 0.15) is 25.7 Å². The van der Waals surface area contributed by atoms with E-state index in [0.717, 1.165) is 28.3 Å². The highest BCUT2D eigenvalue weighted by atomic mass is 35.5. The maximum absolute atomic E-state index is 5.72. The molecule has 110 valence electrons. The summed E-state index contributed by atoms with van der Waals surface area (Å²) in [6.07, 6.45) is 6.69. The summed E-state index contributed by atoms with van der Waals surface area (Å²) >= 11 is 3.30. The highest BCUT2D eigenvalue weighted by Crippen LogP contribution is 2.30. The fourth-order valence-corrected chi connectivity index (χ4v) is 3.95. The van der Waals surface area contributed by atoms with Crippen LogP contribution in [-0.2, 0) is 0 Å². The number of rotatable bonds is 4. The van der Waals surface area contributed by atoms with Gasteiger partial charge < -0.3 is 11.1 Å². The first-order valence-electron chi connectivity index (χ1n) is 6.67. The number of nitrogens with zero attached hydrogens (tertiary/aromatic N) is 2. The maximum atomic E-state index is 5.72. The second-order valence-corrected chi connectivity index (χ2v) is 6.73. The molecular formula is C13H19ClN4S2. The van der Waals surface area contributed by atoms with Gasteiger partial charge in [-0.1, -0.05) is 0 Å². The summed E-state index contributed by atoms with van der Waals surface area (Å²) in [5.41, 5.74) is 6.71. The number of halogens is 1. The Labute approximate surface area is 133 Å². The molecule has 1 saturated carbocycles. The van der Waals surface area contributed by atoms with Crippen molar-refractivity contribution in [3.8, 4) is 10.7 Å². The number of hydrogen-bond acceptors (Lipinski definition) is 6.